The van der Waals surface area contributed by atoms with Crippen molar-refractivity contribution in [1.82, 2.24) is 0 Å². The highest BCUT2D eigenvalue weighted by atomic mass is 28.3. The van der Waals surface area contributed by atoms with E-state index in [4.69, 9.17) is 9.47 Å². The lowest BCUT2D eigenvalue weighted by atomic mass is 10.4. The topological polar surface area (TPSA) is 35.5 Å². The van der Waals surface area contributed by atoms with E-state index in [1.54, 1.807) is 0 Å². The van der Waals surface area contributed by atoms with Gasteiger partial charge in [0.25, 0.3) is 0 Å². The fourth-order valence-electron chi connectivity index (χ4n) is 0.853. The van der Waals surface area contributed by atoms with Gasteiger partial charge < -0.3 is 9.47 Å². The van der Waals surface area contributed by atoms with Gasteiger partial charge in [-0.25, -0.2) is 4.79 Å². The number of ether oxygens (including phenoxy) is 2. The summed E-state index contributed by atoms with van der Waals surface area (Å²) in [6.07, 6.45) is 2.01. The normalized spacial score (nSPS) is 11.1. The summed E-state index contributed by atoms with van der Waals surface area (Å²) in [5.74, 6) is 0. The average molecular weight is 246 g/mol. The van der Waals surface area contributed by atoms with Crippen LogP contribution in [-0.4, -0.2) is 37.3 Å². The number of rotatable bonds is 7. The summed E-state index contributed by atoms with van der Waals surface area (Å²) in [5, 5.41) is 0. The third kappa shape index (κ3) is 8.44. The van der Waals surface area contributed by atoms with Crippen molar-refractivity contribution in [3.8, 4) is 0 Å². The molecule has 0 aliphatic rings. The van der Waals surface area contributed by atoms with Gasteiger partial charge in [-0.05, 0) is 6.42 Å². The predicted octanol–water partition coefficient (Wildman–Crippen LogP) is 1.68. The maximum atomic E-state index is 11.1. The molecule has 0 saturated carbocycles. The van der Waals surface area contributed by atoms with E-state index in [9.17, 15) is 4.79 Å². The first-order valence-electron chi connectivity index (χ1n) is 5.45. The third-order valence-corrected chi connectivity index (χ3v) is 4.78. The van der Waals surface area contributed by atoms with Gasteiger partial charge in [-0.3, -0.25) is 0 Å². The largest absolute Gasteiger partial charge is 0.507 e. The number of hydrogen-bond donors (Lipinski definition) is 0. The van der Waals surface area contributed by atoms with Gasteiger partial charge in [-0.15, -0.1) is 6.58 Å². The zero-order valence-corrected chi connectivity index (χ0v) is 13.0. The molecule has 0 unspecified atom stereocenters. The monoisotopic (exact) mass is 246 g/mol. The fourth-order valence-corrected chi connectivity index (χ4v) is 1.96. The highest BCUT2D eigenvalue weighted by Gasteiger charge is 2.19. The Balaban J connectivity index is 3.53. The van der Waals surface area contributed by atoms with Crippen molar-refractivity contribution in [3.05, 3.63) is 12.3 Å². The number of carbonyl (C=O) groups excluding carboxylic acids is 1. The van der Waals surface area contributed by atoms with Crippen LogP contribution in [0.2, 0.25) is 19.1 Å². The second-order valence-electron chi connectivity index (χ2n) is 4.29. The molecule has 15 heavy (non-hydrogen) atoms. The van der Waals surface area contributed by atoms with Crippen molar-refractivity contribution in [1.29, 1.82) is 0 Å². The Morgan fingerprint density at radius 3 is 2.60 bits per heavy atom. The molecule has 0 rings (SSSR count). The molecule has 0 aliphatic carbocycles. The summed E-state index contributed by atoms with van der Waals surface area (Å²) in [5.41, 5.74) is 1.90. The van der Waals surface area contributed by atoms with Crippen LogP contribution in [0.5, 0.6) is 0 Å². The minimum absolute atomic E-state index is 0.454. The molecule has 0 aromatic rings. The molecule has 0 saturated heterocycles. The van der Waals surface area contributed by atoms with E-state index >= 15 is 0 Å². The molecule has 0 atom stereocenters. The molecular formula is C10H22O3Si2. The van der Waals surface area contributed by atoms with E-state index in [1.807, 2.05) is 5.70 Å². The predicted molar refractivity (Wildman–Crippen MR) is 69.0 cm³/mol. The van der Waals surface area contributed by atoms with Crippen LogP contribution in [0, 0.1) is 0 Å². The lowest BCUT2D eigenvalue weighted by Crippen LogP contribution is -2.31. The molecule has 0 spiro atoms. The second-order valence-corrected chi connectivity index (χ2v) is 9.96. The zero-order valence-electron chi connectivity index (χ0n) is 10.0. The Morgan fingerprint density at radius 2 is 2.07 bits per heavy atom. The summed E-state index contributed by atoms with van der Waals surface area (Å²) in [4.78, 5) is 11.1. The van der Waals surface area contributed by atoms with E-state index in [0.29, 0.717) is 12.8 Å². The van der Waals surface area contributed by atoms with Crippen LogP contribution in [0.1, 0.15) is 12.8 Å². The number of hydrogen-bond acceptors (Lipinski definition) is 3. The summed E-state index contributed by atoms with van der Waals surface area (Å²) in [6, 6.07) is 1.26. The fraction of sp³-hybridized carbons (Fsp3) is 0.700. The van der Waals surface area contributed by atoms with Gasteiger partial charge in [0.2, 0.25) is 0 Å². The van der Waals surface area contributed by atoms with E-state index in [2.05, 4.69) is 19.7 Å². The van der Waals surface area contributed by atoms with Crippen LogP contribution in [0.3, 0.4) is 0 Å². The zero-order chi connectivity index (χ0) is 11.7. The SMILES string of the molecule is C=C[Si](C)(C)COC(=O)OCCCC[SiH3]. The number of unbranched alkanes of at least 4 members (excludes halogenated alkanes) is 1. The molecule has 0 aromatic heterocycles. The molecule has 88 valence electrons. The van der Waals surface area contributed by atoms with Crippen molar-refractivity contribution in [2.45, 2.75) is 32.0 Å². The van der Waals surface area contributed by atoms with E-state index in [1.165, 1.54) is 16.3 Å². The van der Waals surface area contributed by atoms with Crippen molar-refractivity contribution in [3.63, 3.8) is 0 Å². The van der Waals surface area contributed by atoms with Crippen LogP contribution in [0.4, 0.5) is 4.79 Å². The molecule has 3 nitrogen and oxygen atoms in total. The van der Waals surface area contributed by atoms with Gasteiger partial charge in [0.15, 0.2) is 0 Å². The van der Waals surface area contributed by atoms with Crippen LogP contribution < -0.4 is 0 Å². The minimum Gasteiger partial charge on any atom is -0.438 e. The first-order valence-corrected chi connectivity index (χ1v) is 10.1. The van der Waals surface area contributed by atoms with Gasteiger partial charge in [0.1, 0.15) is 8.07 Å². The minimum atomic E-state index is -1.55. The maximum Gasteiger partial charge on any atom is 0.507 e. The molecule has 0 N–H and O–H groups in total. The molecule has 0 aliphatic heterocycles. The Labute approximate surface area is 96.3 Å². The Kier molecular flexibility index (Phi) is 7.41. The van der Waals surface area contributed by atoms with Crippen molar-refractivity contribution in [2.75, 3.05) is 12.8 Å². The first-order chi connectivity index (χ1) is 7.02. The van der Waals surface area contributed by atoms with Crippen molar-refractivity contribution >= 4 is 24.5 Å². The summed E-state index contributed by atoms with van der Waals surface area (Å²) in [7, 11) is -0.328. The first kappa shape index (κ1) is 14.4. The lowest BCUT2D eigenvalue weighted by Gasteiger charge is -2.16. The lowest BCUT2D eigenvalue weighted by molar-refractivity contribution is 0.0653. The summed E-state index contributed by atoms with van der Waals surface area (Å²) in [6.45, 7) is 8.40. The van der Waals surface area contributed by atoms with E-state index in [0.717, 1.165) is 12.8 Å². The standard InChI is InChI=1S/C10H22O3Si2/c1-4-15(2,3)9-13-10(11)12-7-5-6-8-14/h4H,1,5-9H2,2-3,14H3. The molecule has 0 radical (unpaired) electrons. The van der Waals surface area contributed by atoms with Crippen LogP contribution in [0.25, 0.3) is 0 Å². The maximum absolute atomic E-state index is 11.1. The molecule has 5 heteroatoms. The Hall–Kier alpha value is -0.556. The average Bonchev–Trinajstić information content (AvgIpc) is 2.22. The highest BCUT2D eigenvalue weighted by Crippen LogP contribution is 2.04. The third-order valence-electron chi connectivity index (χ3n) is 2.08. The van der Waals surface area contributed by atoms with Gasteiger partial charge >= 0.3 is 6.16 Å². The van der Waals surface area contributed by atoms with Crippen LogP contribution in [0.15, 0.2) is 12.3 Å². The molecule has 0 heterocycles. The van der Waals surface area contributed by atoms with Gasteiger partial charge in [0.05, 0.1) is 12.8 Å². The molecular weight excluding hydrogens is 224 g/mol. The molecule has 0 amide bonds. The van der Waals surface area contributed by atoms with E-state index < -0.39 is 14.2 Å². The Bertz CT molecular complexity index is 205. The van der Waals surface area contributed by atoms with E-state index in [-0.39, 0.29) is 0 Å². The van der Waals surface area contributed by atoms with Crippen LogP contribution in [-0.2, 0) is 9.47 Å². The number of carbonyl (C=O) groups is 1. The Morgan fingerprint density at radius 1 is 1.40 bits per heavy atom. The highest BCUT2D eigenvalue weighted by molar-refractivity contribution is 6.82. The molecule has 0 aromatic carbocycles. The molecule has 0 fully saturated rings. The smallest absolute Gasteiger partial charge is 0.438 e. The van der Waals surface area contributed by atoms with Crippen molar-refractivity contribution in [2.24, 2.45) is 0 Å². The van der Waals surface area contributed by atoms with Gasteiger partial charge in [-0.1, -0.05) is 31.3 Å². The molecule has 0 bridgehead atoms. The van der Waals surface area contributed by atoms with Crippen LogP contribution >= 0.6 is 0 Å². The van der Waals surface area contributed by atoms with Crippen molar-refractivity contribution < 1.29 is 14.3 Å². The van der Waals surface area contributed by atoms with Gasteiger partial charge in [0, 0.05) is 10.2 Å². The summed E-state index contributed by atoms with van der Waals surface area (Å²) >= 11 is 0. The quantitative estimate of drug-likeness (QED) is 0.389. The summed E-state index contributed by atoms with van der Waals surface area (Å²) < 4.78 is 9.94. The van der Waals surface area contributed by atoms with Gasteiger partial charge in [-0.2, -0.15) is 0 Å². The second kappa shape index (κ2) is 7.70.